The molecule has 4 rings (SSSR count). The van der Waals surface area contributed by atoms with E-state index in [-0.39, 0.29) is 5.56 Å². The average Bonchev–Trinajstić information content (AvgIpc) is 2.69. The number of halogens is 1. The highest BCUT2D eigenvalue weighted by Crippen LogP contribution is 2.26. The van der Waals surface area contributed by atoms with Crippen molar-refractivity contribution >= 4 is 28.3 Å². The number of hydrogen-bond donors (Lipinski definition) is 1. The Kier molecular flexibility index (Phi) is 4.73. The van der Waals surface area contributed by atoms with Crippen molar-refractivity contribution in [3.8, 4) is 0 Å². The summed E-state index contributed by atoms with van der Waals surface area (Å²) < 4.78 is 19.2. The van der Waals surface area contributed by atoms with Gasteiger partial charge in [0, 0.05) is 24.2 Å². The van der Waals surface area contributed by atoms with Crippen molar-refractivity contribution in [2.75, 3.05) is 36.5 Å². The van der Waals surface area contributed by atoms with E-state index in [2.05, 4.69) is 16.3 Å². The number of rotatable bonds is 3. The number of nitrogens with one attached hydrogen (secondary N) is 1. The first-order valence-electron chi connectivity index (χ1n) is 8.92. The lowest BCUT2D eigenvalue weighted by atomic mass is 10.1. The van der Waals surface area contributed by atoms with E-state index >= 15 is 0 Å². The second kappa shape index (κ2) is 7.32. The van der Waals surface area contributed by atoms with Crippen LogP contribution in [-0.2, 0) is 4.74 Å². The molecule has 27 heavy (non-hydrogen) atoms. The third-order valence-corrected chi connectivity index (χ3v) is 4.71. The fourth-order valence-corrected chi connectivity index (χ4v) is 3.25. The van der Waals surface area contributed by atoms with Gasteiger partial charge in [0.2, 0.25) is 0 Å². The van der Waals surface area contributed by atoms with Gasteiger partial charge in [-0.15, -0.1) is 0 Å². The Labute approximate surface area is 156 Å². The van der Waals surface area contributed by atoms with Crippen LogP contribution >= 0.6 is 0 Å². The summed E-state index contributed by atoms with van der Waals surface area (Å²) in [4.78, 5) is 19.3. The number of carbonyl (C=O) groups is 1. The van der Waals surface area contributed by atoms with Gasteiger partial charge in [0.1, 0.15) is 11.6 Å². The van der Waals surface area contributed by atoms with Crippen molar-refractivity contribution in [1.29, 1.82) is 0 Å². The number of carbonyl (C=O) groups excluding carboxylic acids is 1. The minimum absolute atomic E-state index is 0.0232. The highest BCUT2D eigenvalue weighted by atomic mass is 19.1. The van der Waals surface area contributed by atoms with Crippen molar-refractivity contribution in [2.24, 2.45) is 0 Å². The number of anilines is 2. The lowest BCUT2D eigenvalue weighted by Gasteiger charge is -2.28. The Morgan fingerprint density at radius 2 is 1.93 bits per heavy atom. The first-order valence-corrected chi connectivity index (χ1v) is 8.92. The zero-order valence-electron chi connectivity index (χ0n) is 15.0. The Morgan fingerprint density at radius 1 is 1.15 bits per heavy atom. The summed E-state index contributed by atoms with van der Waals surface area (Å²) in [7, 11) is 0. The summed E-state index contributed by atoms with van der Waals surface area (Å²) in [6.07, 6.45) is 0. The van der Waals surface area contributed by atoms with Crippen LogP contribution in [0.1, 0.15) is 15.9 Å². The average molecular weight is 365 g/mol. The number of benzene rings is 2. The van der Waals surface area contributed by atoms with Crippen molar-refractivity contribution in [3.05, 3.63) is 65.5 Å². The van der Waals surface area contributed by atoms with Gasteiger partial charge in [0.05, 0.1) is 24.3 Å². The Hall–Kier alpha value is -2.99. The van der Waals surface area contributed by atoms with Gasteiger partial charge in [-0.1, -0.05) is 12.1 Å². The molecule has 3 aromatic rings. The molecule has 0 unspecified atom stereocenters. The fraction of sp³-hybridized carbons (Fsp3) is 0.238. The molecule has 5 nitrogen and oxygen atoms in total. The molecule has 0 aliphatic carbocycles. The molecule has 1 fully saturated rings. The number of nitrogens with zero attached hydrogens (tertiary/aromatic N) is 2. The molecule has 1 aliphatic rings. The monoisotopic (exact) mass is 365 g/mol. The molecule has 2 heterocycles. The fourth-order valence-electron chi connectivity index (χ4n) is 3.25. The molecule has 1 aromatic heterocycles. The maximum absolute atomic E-state index is 13.8. The molecule has 1 N–H and O–H groups in total. The number of fused-ring (bicyclic) bond motifs is 1. The Balaban J connectivity index is 1.61. The number of pyridine rings is 1. The summed E-state index contributed by atoms with van der Waals surface area (Å²) in [5.74, 6) is -0.0711. The normalized spacial score (nSPS) is 14.4. The minimum Gasteiger partial charge on any atom is -0.378 e. The van der Waals surface area contributed by atoms with Crippen LogP contribution in [0.5, 0.6) is 0 Å². The van der Waals surface area contributed by atoms with Crippen molar-refractivity contribution in [2.45, 2.75) is 6.92 Å². The van der Waals surface area contributed by atoms with E-state index < -0.39 is 11.7 Å². The smallest absolute Gasteiger partial charge is 0.258 e. The van der Waals surface area contributed by atoms with E-state index in [0.717, 1.165) is 35.4 Å². The van der Waals surface area contributed by atoms with Crippen molar-refractivity contribution < 1.29 is 13.9 Å². The standard InChI is InChI=1S/C21H20FN3O2/c1-14-12-20(25-8-10-27-11-9-25)24-19-7-6-15(13-17(14)19)23-21(26)16-4-2-3-5-18(16)22/h2-7,12-13H,8-11H2,1H3,(H,23,26). The summed E-state index contributed by atoms with van der Waals surface area (Å²) in [5.41, 5.74) is 2.57. The highest BCUT2D eigenvalue weighted by Gasteiger charge is 2.15. The van der Waals surface area contributed by atoms with E-state index in [9.17, 15) is 9.18 Å². The lowest BCUT2D eigenvalue weighted by molar-refractivity contribution is 0.102. The first kappa shape index (κ1) is 17.4. The van der Waals surface area contributed by atoms with Crippen LogP contribution in [0.4, 0.5) is 15.9 Å². The third kappa shape index (κ3) is 3.61. The molecular weight excluding hydrogens is 345 g/mol. The van der Waals surface area contributed by atoms with Crippen LogP contribution in [0.15, 0.2) is 48.5 Å². The van der Waals surface area contributed by atoms with Gasteiger partial charge in [-0.3, -0.25) is 4.79 Å². The molecule has 0 spiro atoms. The Morgan fingerprint density at radius 3 is 2.70 bits per heavy atom. The van der Waals surface area contributed by atoms with E-state index in [1.165, 1.54) is 12.1 Å². The topological polar surface area (TPSA) is 54.5 Å². The molecule has 6 heteroatoms. The summed E-state index contributed by atoms with van der Waals surface area (Å²) in [6.45, 7) is 5.10. The van der Waals surface area contributed by atoms with Crippen LogP contribution in [0.25, 0.3) is 10.9 Å². The molecule has 138 valence electrons. The van der Waals surface area contributed by atoms with Gasteiger partial charge < -0.3 is 15.0 Å². The first-order chi connectivity index (χ1) is 13.1. The van der Waals surface area contributed by atoms with Gasteiger partial charge in [-0.25, -0.2) is 9.37 Å². The number of hydrogen-bond acceptors (Lipinski definition) is 4. The minimum atomic E-state index is -0.538. The van der Waals surface area contributed by atoms with E-state index in [1.807, 2.05) is 19.1 Å². The van der Waals surface area contributed by atoms with Crippen LogP contribution in [0.2, 0.25) is 0 Å². The summed E-state index contributed by atoms with van der Waals surface area (Å²) in [6, 6.07) is 13.5. The van der Waals surface area contributed by atoms with Gasteiger partial charge in [0.25, 0.3) is 5.91 Å². The lowest BCUT2D eigenvalue weighted by Crippen LogP contribution is -2.36. The van der Waals surface area contributed by atoms with Crippen molar-refractivity contribution in [1.82, 2.24) is 4.98 Å². The van der Waals surface area contributed by atoms with E-state index in [0.29, 0.717) is 18.9 Å². The largest absolute Gasteiger partial charge is 0.378 e. The quantitative estimate of drug-likeness (QED) is 0.768. The van der Waals surface area contributed by atoms with Crippen molar-refractivity contribution in [3.63, 3.8) is 0 Å². The maximum atomic E-state index is 13.8. The van der Waals surface area contributed by atoms with Crippen LogP contribution in [0, 0.1) is 12.7 Å². The SMILES string of the molecule is Cc1cc(N2CCOCC2)nc2ccc(NC(=O)c3ccccc3F)cc12. The summed E-state index contributed by atoms with van der Waals surface area (Å²) in [5, 5.41) is 3.72. The zero-order chi connectivity index (χ0) is 18.8. The molecule has 1 saturated heterocycles. The molecule has 0 atom stereocenters. The summed E-state index contributed by atoms with van der Waals surface area (Å²) >= 11 is 0. The highest BCUT2D eigenvalue weighted by molar-refractivity contribution is 6.05. The van der Waals surface area contributed by atoms with Crippen LogP contribution in [0.3, 0.4) is 0 Å². The van der Waals surface area contributed by atoms with Gasteiger partial charge in [0.15, 0.2) is 0 Å². The second-order valence-electron chi connectivity index (χ2n) is 6.56. The van der Waals surface area contributed by atoms with Gasteiger partial charge in [-0.05, 0) is 48.9 Å². The van der Waals surface area contributed by atoms with Crippen LogP contribution in [-0.4, -0.2) is 37.2 Å². The second-order valence-corrected chi connectivity index (χ2v) is 6.56. The van der Waals surface area contributed by atoms with Crippen LogP contribution < -0.4 is 10.2 Å². The molecule has 0 radical (unpaired) electrons. The maximum Gasteiger partial charge on any atom is 0.258 e. The number of aryl methyl sites for hydroxylation is 1. The molecular formula is C21H20FN3O2. The molecule has 1 aliphatic heterocycles. The zero-order valence-corrected chi connectivity index (χ0v) is 15.0. The van der Waals surface area contributed by atoms with Gasteiger partial charge in [-0.2, -0.15) is 0 Å². The van der Waals surface area contributed by atoms with E-state index in [1.54, 1.807) is 18.2 Å². The molecule has 0 bridgehead atoms. The molecule has 2 aromatic carbocycles. The van der Waals surface area contributed by atoms with Gasteiger partial charge >= 0.3 is 0 Å². The number of ether oxygens (including phenoxy) is 1. The van der Waals surface area contributed by atoms with E-state index in [4.69, 9.17) is 9.72 Å². The third-order valence-electron chi connectivity index (χ3n) is 4.71. The number of morpholine rings is 1. The molecule has 1 amide bonds. The number of aromatic nitrogens is 1. The molecule has 0 saturated carbocycles. The predicted octanol–water partition coefficient (Wildman–Crippen LogP) is 3.77. The predicted molar refractivity (Wildman–Crippen MR) is 104 cm³/mol. The Bertz CT molecular complexity index is 1000. The number of amides is 1.